The highest BCUT2D eigenvalue weighted by Crippen LogP contribution is 2.48. The van der Waals surface area contributed by atoms with Crippen LogP contribution in [0.1, 0.15) is 62.2 Å². The molecular weight excluding hydrogens is 587 g/mol. The molecule has 4 rings (SSSR count). The second-order valence-electron chi connectivity index (χ2n) is 11.3. The highest BCUT2D eigenvalue weighted by molar-refractivity contribution is 7.84. The number of aromatic nitrogens is 1. The predicted molar refractivity (Wildman–Crippen MR) is 148 cm³/mol. The van der Waals surface area contributed by atoms with Crippen LogP contribution in [-0.4, -0.2) is 69.0 Å². The first-order valence-corrected chi connectivity index (χ1v) is 14.5. The van der Waals surface area contributed by atoms with Crippen LogP contribution in [0.15, 0.2) is 24.3 Å². The number of hydrogen-bond acceptors (Lipinski definition) is 8. The zero-order valence-electron chi connectivity index (χ0n) is 23.1. The quantitative estimate of drug-likeness (QED) is 0.285. The van der Waals surface area contributed by atoms with Crippen LogP contribution in [0.4, 0.5) is 18.9 Å². The lowest BCUT2D eigenvalue weighted by atomic mass is 9.87. The number of hydrogen-bond donors (Lipinski definition) is 3. The van der Waals surface area contributed by atoms with Crippen molar-refractivity contribution in [3.05, 3.63) is 46.2 Å². The van der Waals surface area contributed by atoms with Gasteiger partial charge in [-0.1, -0.05) is 11.6 Å². The van der Waals surface area contributed by atoms with Crippen LogP contribution in [0.3, 0.4) is 0 Å². The van der Waals surface area contributed by atoms with Crippen molar-refractivity contribution in [1.29, 1.82) is 0 Å². The second-order valence-corrected chi connectivity index (χ2v) is 13.6. The van der Waals surface area contributed by atoms with E-state index in [2.05, 4.69) is 9.71 Å². The van der Waals surface area contributed by atoms with Gasteiger partial charge in [0, 0.05) is 24.1 Å². The molecular formula is C27H33ClF3N3O6S. The number of ether oxygens (including phenoxy) is 2. The highest BCUT2D eigenvalue weighted by atomic mass is 35.5. The van der Waals surface area contributed by atoms with Crippen LogP contribution < -0.4 is 19.1 Å². The van der Waals surface area contributed by atoms with Gasteiger partial charge in [-0.15, -0.1) is 0 Å². The molecule has 41 heavy (non-hydrogen) atoms. The molecule has 3 atom stereocenters. The van der Waals surface area contributed by atoms with Gasteiger partial charge in [-0.3, -0.25) is 4.79 Å². The van der Waals surface area contributed by atoms with E-state index in [0.717, 1.165) is 6.07 Å². The number of rotatable bonds is 9. The summed E-state index contributed by atoms with van der Waals surface area (Å²) in [7, 11) is -1.61. The van der Waals surface area contributed by atoms with Gasteiger partial charge in [0.15, 0.2) is 16.7 Å². The van der Waals surface area contributed by atoms with Gasteiger partial charge in [0.05, 0.1) is 45.8 Å². The van der Waals surface area contributed by atoms with Crippen LogP contribution in [0.5, 0.6) is 11.5 Å². The predicted octanol–water partition coefficient (Wildman–Crippen LogP) is 4.00. The van der Waals surface area contributed by atoms with Crippen LogP contribution in [0.25, 0.3) is 0 Å². The normalized spacial score (nSPS) is 20.9. The van der Waals surface area contributed by atoms with E-state index in [1.54, 1.807) is 33.8 Å². The maximum atomic E-state index is 14.4. The molecule has 2 aromatic rings. The molecule has 0 aliphatic carbocycles. The molecule has 1 aromatic carbocycles. The van der Waals surface area contributed by atoms with E-state index in [4.69, 9.17) is 21.1 Å². The Bertz CT molecular complexity index is 1350. The van der Waals surface area contributed by atoms with Crippen LogP contribution >= 0.6 is 11.6 Å². The topological polar surface area (TPSA) is 121 Å². The molecule has 3 N–H and O–H groups in total. The summed E-state index contributed by atoms with van der Waals surface area (Å²) in [5, 5.41) is 19.9. The Balaban J connectivity index is 1.62. The number of β-amino-alcohol motifs (C(OH)–C–C–N with tert-alkyl or cyclic N) is 1. The molecule has 9 nitrogen and oxygen atoms in total. The number of Topliss-reactive ketones (excluding diaryl/α,β-unsaturated/α-hetero) is 1. The van der Waals surface area contributed by atoms with Gasteiger partial charge in [-0.25, -0.2) is 13.9 Å². The van der Waals surface area contributed by atoms with Crippen molar-refractivity contribution >= 4 is 34.1 Å². The number of nitrogens with zero attached hydrogens (tertiary/aromatic N) is 2. The van der Waals surface area contributed by atoms with E-state index in [1.807, 2.05) is 4.90 Å². The molecule has 2 aliphatic rings. The first kappa shape index (κ1) is 31.5. The largest absolute Gasteiger partial charge is 0.490 e. The van der Waals surface area contributed by atoms with Crippen LogP contribution in [-0.2, 0) is 22.1 Å². The van der Waals surface area contributed by atoms with E-state index >= 15 is 0 Å². The van der Waals surface area contributed by atoms with Gasteiger partial charge < -0.3 is 24.6 Å². The molecule has 0 saturated heterocycles. The number of anilines is 1. The SMILES string of the molecule is CC1(NS(=O)C(C)(C)C)COc2c1cc(C(O)(CCC(=O)c1ccc3c(c1)OCCN3CCO)C(F)(F)F)nc2Cl. The minimum absolute atomic E-state index is 0.0289. The molecule has 0 amide bonds. The van der Waals surface area contributed by atoms with Gasteiger partial charge in [0.2, 0.25) is 5.60 Å². The lowest BCUT2D eigenvalue weighted by molar-refractivity contribution is -0.270. The summed E-state index contributed by atoms with van der Waals surface area (Å²) >= 11 is 6.23. The molecule has 3 heterocycles. The Labute approximate surface area is 243 Å². The van der Waals surface area contributed by atoms with E-state index < -0.39 is 62.5 Å². The van der Waals surface area contributed by atoms with Crippen molar-refractivity contribution in [3.63, 3.8) is 0 Å². The fourth-order valence-electron chi connectivity index (χ4n) is 4.66. The van der Waals surface area contributed by atoms with Gasteiger partial charge in [-0.2, -0.15) is 13.2 Å². The number of aliphatic hydroxyl groups excluding tert-OH is 1. The van der Waals surface area contributed by atoms with E-state index in [1.165, 1.54) is 12.1 Å². The maximum Gasteiger partial charge on any atom is 0.422 e. The molecule has 226 valence electrons. The number of alkyl halides is 3. The number of ketones is 1. The number of carbonyl (C=O) groups excluding carboxylic acids is 1. The molecule has 1 aromatic heterocycles. The van der Waals surface area contributed by atoms with E-state index in [-0.39, 0.29) is 30.1 Å². The van der Waals surface area contributed by atoms with Crippen LogP contribution in [0.2, 0.25) is 5.15 Å². The molecule has 3 unspecified atom stereocenters. The summed E-state index contributed by atoms with van der Waals surface area (Å²) in [6.45, 7) is 7.90. The third kappa shape index (κ3) is 6.19. The Morgan fingerprint density at radius 3 is 2.59 bits per heavy atom. The Morgan fingerprint density at radius 1 is 1.24 bits per heavy atom. The van der Waals surface area contributed by atoms with Crippen molar-refractivity contribution in [1.82, 2.24) is 9.71 Å². The van der Waals surface area contributed by atoms with Gasteiger partial charge >= 0.3 is 6.18 Å². The summed E-state index contributed by atoms with van der Waals surface area (Å²) in [5.74, 6) is -0.226. The summed E-state index contributed by atoms with van der Waals surface area (Å²) in [6.07, 6.45) is -6.89. The van der Waals surface area contributed by atoms with Gasteiger partial charge in [0.25, 0.3) is 0 Å². The summed E-state index contributed by atoms with van der Waals surface area (Å²) in [4.78, 5) is 18.7. The molecule has 0 spiro atoms. The van der Waals surface area contributed by atoms with Crippen molar-refractivity contribution in [2.45, 2.75) is 62.6 Å². The maximum absolute atomic E-state index is 14.4. The van der Waals surface area contributed by atoms with Crippen molar-refractivity contribution in [3.8, 4) is 11.5 Å². The number of halogens is 4. The van der Waals surface area contributed by atoms with Crippen LogP contribution in [0, 0.1) is 0 Å². The summed E-state index contributed by atoms with van der Waals surface area (Å²) in [6, 6.07) is 5.58. The third-order valence-electron chi connectivity index (χ3n) is 7.12. The lowest BCUT2D eigenvalue weighted by Crippen LogP contribution is -2.47. The number of fused-ring (bicyclic) bond motifs is 2. The Kier molecular flexibility index (Phi) is 8.70. The van der Waals surface area contributed by atoms with Gasteiger partial charge in [0.1, 0.15) is 19.0 Å². The Morgan fingerprint density at radius 2 is 1.95 bits per heavy atom. The number of pyridine rings is 1. The molecule has 0 bridgehead atoms. The average molecular weight is 620 g/mol. The number of aliphatic hydroxyl groups is 2. The third-order valence-corrected chi connectivity index (χ3v) is 9.13. The molecule has 0 radical (unpaired) electrons. The minimum atomic E-state index is -5.21. The van der Waals surface area contributed by atoms with Crippen molar-refractivity contribution in [2.24, 2.45) is 0 Å². The average Bonchev–Trinajstić information content (AvgIpc) is 3.22. The lowest BCUT2D eigenvalue weighted by Gasteiger charge is -2.32. The first-order chi connectivity index (χ1) is 19.0. The number of nitrogens with one attached hydrogen (secondary N) is 1. The smallest absolute Gasteiger partial charge is 0.422 e. The zero-order valence-corrected chi connectivity index (χ0v) is 24.7. The van der Waals surface area contributed by atoms with E-state index in [9.17, 15) is 32.4 Å². The first-order valence-electron chi connectivity index (χ1n) is 13.0. The minimum Gasteiger partial charge on any atom is -0.490 e. The second kappa shape index (κ2) is 11.3. The van der Waals surface area contributed by atoms with Gasteiger partial charge in [-0.05, 0) is 58.4 Å². The number of carbonyl (C=O) groups is 1. The fraction of sp³-hybridized carbons (Fsp3) is 0.556. The summed E-state index contributed by atoms with van der Waals surface area (Å²) in [5.41, 5.74) is -4.56. The van der Waals surface area contributed by atoms with Crippen molar-refractivity contribution < 1.29 is 41.9 Å². The molecule has 0 saturated carbocycles. The molecule has 0 fully saturated rings. The monoisotopic (exact) mass is 619 g/mol. The fourth-order valence-corrected chi connectivity index (χ4v) is 5.79. The standard InChI is InChI=1S/C27H33ClF3N3O6S/c1-24(2,3)41(38)33-25(4)15-40-22-17(25)14-21(32-23(22)28)26(37,27(29,30)31)8-7-19(36)16-5-6-18-20(13-16)39-12-10-34(18)9-11-35/h5-6,13-14,33,35,37H,7-12,15H2,1-4H3. The van der Waals surface area contributed by atoms with Crippen molar-refractivity contribution in [2.75, 3.05) is 37.8 Å². The van der Waals surface area contributed by atoms with E-state index in [0.29, 0.717) is 31.1 Å². The number of benzene rings is 1. The highest BCUT2D eigenvalue weighted by Gasteiger charge is 2.57. The zero-order chi connectivity index (χ0) is 30.4. The molecule has 14 heteroatoms. The summed E-state index contributed by atoms with van der Waals surface area (Å²) < 4.78 is 69.6. The Hall–Kier alpha value is -2.45. The molecule has 2 aliphatic heterocycles.